The van der Waals surface area contributed by atoms with E-state index in [1.165, 1.54) is 0 Å². The average molecular weight is 360 g/mol. The number of carbonyl (C=O) groups is 1. The van der Waals surface area contributed by atoms with Gasteiger partial charge < -0.3 is 9.80 Å². The maximum Gasteiger partial charge on any atom is 0.225 e. The summed E-state index contributed by atoms with van der Waals surface area (Å²) in [7, 11) is 0. The predicted molar refractivity (Wildman–Crippen MR) is 97.1 cm³/mol. The van der Waals surface area contributed by atoms with E-state index in [1.54, 1.807) is 23.3 Å². The molecule has 0 bridgehead atoms. The third-order valence-electron chi connectivity index (χ3n) is 5.18. The second kappa shape index (κ2) is 7.04. The molecule has 1 amide bonds. The molecular weight excluding hydrogens is 338 g/mol. The lowest BCUT2D eigenvalue weighted by molar-refractivity contribution is -0.135. The van der Waals surface area contributed by atoms with Crippen molar-refractivity contribution in [2.75, 3.05) is 31.1 Å². The molecule has 0 spiro atoms. The van der Waals surface area contributed by atoms with E-state index in [1.807, 2.05) is 17.2 Å². The molecule has 25 heavy (non-hydrogen) atoms. The van der Waals surface area contributed by atoms with E-state index < -0.39 is 0 Å². The van der Waals surface area contributed by atoms with Crippen molar-refractivity contribution in [1.29, 1.82) is 0 Å². The van der Waals surface area contributed by atoms with Crippen molar-refractivity contribution in [3.63, 3.8) is 0 Å². The number of anilines is 1. The number of rotatable bonds is 3. The van der Waals surface area contributed by atoms with Crippen molar-refractivity contribution < 1.29 is 4.79 Å². The van der Waals surface area contributed by atoms with Crippen LogP contribution in [0.1, 0.15) is 25.7 Å². The van der Waals surface area contributed by atoms with Crippen LogP contribution in [0.25, 0.3) is 5.69 Å². The van der Waals surface area contributed by atoms with Gasteiger partial charge in [0.05, 0.1) is 28.8 Å². The highest BCUT2D eigenvalue weighted by Gasteiger charge is 2.30. The number of hydrogen-bond donors (Lipinski definition) is 0. The second-order valence-electron chi connectivity index (χ2n) is 6.76. The molecule has 0 aliphatic carbocycles. The van der Waals surface area contributed by atoms with Gasteiger partial charge in [-0.25, -0.2) is 4.68 Å². The Hall–Kier alpha value is -2.08. The first-order valence-electron chi connectivity index (χ1n) is 8.90. The van der Waals surface area contributed by atoms with Gasteiger partial charge in [0.15, 0.2) is 0 Å². The first-order valence-corrected chi connectivity index (χ1v) is 9.28. The van der Waals surface area contributed by atoms with Gasteiger partial charge in [0.2, 0.25) is 5.91 Å². The Kier molecular flexibility index (Phi) is 4.61. The summed E-state index contributed by atoms with van der Waals surface area (Å²) in [4.78, 5) is 21.2. The Morgan fingerprint density at radius 2 is 1.84 bits per heavy atom. The summed E-state index contributed by atoms with van der Waals surface area (Å²) in [5.41, 5.74) is 2.00. The van der Waals surface area contributed by atoms with Gasteiger partial charge in [0.25, 0.3) is 0 Å². The molecule has 2 aromatic rings. The summed E-state index contributed by atoms with van der Waals surface area (Å²) in [6, 6.07) is 1.94. The number of likely N-dealkylation sites (tertiary alicyclic amines) is 1. The largest absolute Gasteiger partial charge is 0.368 e. The highest BCUT2D eigenvalue weighted by Crippen LogP contribution is 2.29. The monoisotopic (exact) mass is 359 g/mol. The number of carbonyl (C=O) groups excluding carboxylic acids is 1. The van der Waals surface area contributed by atoms with Gasteiger partial charge in [-0.3, -0.25) is 9.78 Å². The number of nitrogens with zero attached hydrogens (tertiary/aromatic N) is 5. The molecule has 0 N–H and O–H groups in total. The van der Waals surface area contributed by atoms with E-state index >= 15 is 0 Å². The first-order chi connectivity index (χ1) is 12.2. The molecule has 4 heterocycles. The molecule has 2 aromatic heterocycles. The zero-order valence-electron chi connectivity index (χ0n) is 14.1. The smallest absolute Gasteiger partial charge is 0.225 e. The lowest BCUT2D eigenvalue weighted by Crippen LogP contribution is -2.42. The van der Waals surface area contributed by atoms with Crippen LogP contribution >= 0.6 is 11.6 Å². The van der Waals surface area contributed by atoms with E-state index in [2.05, 4.69) is 15.0 Å². The highest BCUT2D eigenvalue weighted by molar-refractivity contribution is 6.30. The summed E-state index contributed by atoms with van der Waals surface area (Å²) >= 11 is 6.01. The summed E-state index contributed by atoms with van der Waals surface area (Å²) in [6.07, 6.45) is 11.1. The average Bonchev–Trinajstić information content (AvgIpc) is 3.33. The summed E-state index contributed by atoms with van der Waals surface area (Å²) in [5.74, 6) is 0.510. The molecule has 2 aliphatic rings. The highest BCUT2D eigenvalue weighted by atomic mass is 35.5. The molecule has 0 saturated carbocycles. The summed E-state index contributed by atoms with van der Waals surface area (Å²) in [5, 5.41) is 4.92. The lowest BCUT2D eigenvalue weighted by Gasteiger charge is -2.35. The van der Waals surface area contributed by atoms with Gasteiger partial charge in [-0.05, 0) is 31.7 Å². The third-order valence-corrected chi connectivity index (χ3v) is 5.37. The number of pyridine rings is 1. The molecule has 0 unspecified atom stereocenters. The van der Waals surface area contributed by atoms with Crippen LogP contribution in [0, 0.1) is 5.92 Å². The molecule has 132 valence electrons. The van der Waals surface area contributed by atoms with Crippen LogP contribution < -0.4 is 4.90 Å². The Balaban J connectivity index is 1.47. The lowest BCUT2D eigenvalue weighted by atomic mass is 9.95. The van der Waals surface area contributed by atoms with Crippen molar-refractivity contribution in [3.8, 4) is 5.69 Å². The van der Waals surface area contributed by atoms with Crippen molar-refractivity contribution in [3.05, 3.63) is 35.9 Å². The molecule has 2 fully saturated rings. The van der Waals surface area contributed by atoms with Crippen molar-refractivity contribution in [1.82, 2.24) is 19.7 Å². The van der Waals surface area contributed by atoms with Crippen molar-refractivity contribution >= 4 is 23.2 Å². The fourth-order valence-corrected chi connectivity index (χ4v) is 3.95. The number of halogens is 1. The van der Waals surface area contributed by atoms with Crippen LogP contribution in [-0.2, 0) is 4.79 Å². The quantitative estimate of drug-likeness (QED) is 0.845. The molecular formula is C18H22ClN5O. The standard InChI is InChI=1S/C18H22ClN5O/c19-15-11-21-24(13-15)16-3-6-20-12-17(16)22-9-4-14(5-10-22)18(25)23-7-1-2-8-23/h3,6,11-14H,1-2,4-5,7-10H2. The van der Waals surface area contributed by atoms with Gasteiger partial charge in [0.1, 0.15) is 0 Å². The Morgan fingerprint density at radius 3 is 2.52 bits per heavy atom. The maximum atomic E-state index is 12.6. The number of hydrogen-bond acceptors (Lipinski definition) is 4. The molecule has 6 nitrogen and oxygen atoms in total. The molecule has 0 aromatic carbocycles. The number of piperidine rings is 1. The van der Waals surface area contributed by atoms with E-state index in [0.717, 1.165) is 63.2 Å². The van der Waals surface area contributed by atoms with Gasteiger partial charge in [0, 0.05) is 44.5 Å². The summed E-state index contributed by atoms with van der Waals surface area (Å²) < 4.78 is 1.78. The predicted octanol–water partition coefficient (Wildman–Crippen LogP) is 2.76. The number of amides is 1. The zero-order valence-corrected chi connectivity index (χ0v) is 14.9. The Morgan fingerprint density at radius 1 is 1.08 bits per heavy atom. The molecule has 0 atom stereocenters. The van der Waals surface area contributed by atoms with Crippen molar-refractivity contribution in [2.24, 2.45) is 5.92 Å². The third kappa shape index (κ3) is 3.35. The van der Waals surface area contributed by atoms with E-state index in [-0.39, 0.29) is 5.92 Å². The fraction of sp³-hybridized carbons (Fsp3) is 0.500. The number of aromatic nitrogens is 3. The fourth-order valence-electron chi connectivity index (χ4n) is 3.81. The van der Waals surface area contributed by atoms with E-state index in [9.17, 15) is 4.79 Å². The first kappa shape index (κ1) is 16.4. The Labute approximate surface area is 152 Å². The normalized spacial score (nSPS) is 18.8. The van der Waals surface area contributed by atoms with Crippen LogP contribution in [0.15, 0.2) is 30.9 Å². The maximum absolute atomic E-state index is 12.6. The van der Waals surface area contributed by atoms with Crippen LogP contribution in [0.2, 0.25) is 5.02 Å². The SMILES string of the molecule is O=C(C1CCN(c2cnccc2-n2cc(Cl)cn2)CC1)N1CCCC1. The van der Waals surface area contributed by atoms with Gasteiger partial charge in [-0.1, -0.05) is 11.6 Å². The summed E-state index contributed by atoms with van der Waals surface area (Å²) in [6.45, 7) is 3.59. The van der Waals surface area contributed by atoms with E-state index in [4.69, 9.17) is 11.6 Å². The van der Waals surface area contributed by atoms with Gasteiger partial charge >= 0.3 is 0 Å². The van der Waals surface area contributed by atoms with Crippen molar-refractivity contribution in [2.45, 2.75) is 25.7 Å². The van der Waals surface area contributed by atoms with Crippen LogP contribution in [-0.4, -0.2) is 51.8 Å². The van der Waals surface area contributed by atoms with Gasteiger partial charge in [-0.15, -0.1) is 0 Å². The molecule has 2 aliphatic heterocycles. The topological polar surface area (TPSA) is 54.3 Å². The van der Waals surface area contributed by atoms with Crippen LogP contribution in [0.3, 0.4) is 0 Å². The second-order valence-corrected chi connectivity index (χ2v) is 7.20. The molecule has 4 rings (SSSR count). The van der Waals surface area contributed by atoms with Crippen LogP contribution in [0.4, 0.5) is 5.69 Å². The minimum atomic E-state index is 0.161. The van der Waals surface area contributed by atoms with Crippen LogP contribution in [0.5, 0.6) is 0 Å². The minimum absolute atomic E-state index is 0.161. The minimum Gasteiger partial charge on any atom is -0.368 e. The molecule has 0 radical (unpaired) electrons. The van der Waals surface area contributed by atoms with E-state index in [0.29, 0.717) is 10.9 Å². The van der Waals surface area contributed by atoms with Gasteiger partial charge in [-0.2, -0.15) is 5.10 Å². The zero-order chi connectivity index (χ0) is 17.2. The molecule has 7 heteroatoms. The Bertz CT molecular complexity index is 747. The molecule has 2 saturated heterocycles.